The van der Waals surface area contributed by atoms with Crippen LogP contribution in [0.2, 0.25) is 0 Å². The number of nitrogens with zero attached hydrogens (tertiary/aromatic N) is 3. The molecule has 5 nitrogen and oxygen atoms in total. The minimum atomic E-state index is 0. The van der Waals surface area contributed by atoms with Crippen molar-refractivity contribution in [1.29, 1.82) is 0 Å². The van der Waals surface area contributed by atoms with Gasteiger partial charge in [-0.15, -0.1) is 24.0 Å². The number of benzene rings is 1. The molecule has 0 fully saturated rings. The molecule has 1 heterocycles. The van der Waals surface area contributed by atoms with E-state index in [-0.39, 0.29) is 24.0 Å². The average molecular weight is 413 g/mol. The number of hydrogen-bond acceptors (Lipinski definition) is 2. The van der Waals surface area contributed by atoms with E-state index in [1.807, 2.05) is 17.8 Å². The summed E-state index contributed by atoms with van der Waals surface area (Å²) >= 11 is 0. The topological polar surface area (TPSA) is 54.2 Å². The molecular weight excluding hydrogens is 389 g/mol. The molecule has 0 saturated carbocycles. The van der Waals surface area contributed by atoms with Crippen LogP contribution >= 0.6 is 24.0 Å². The lowest BCUT2D eigenvalue weighted by Gasteiger charge is -2.11. The van der Waals surface area contributed by atoms with E-state index in [1.54, 1.807) is 6.20 Å². The zero-order chi connectivity index (χ0) is 15.1. The van der Waals surface area contributed by atoms with E-state index in [9.17, 15) is 0 Å². The molecule has 0 aliphatic heterocycles. The molecule has 0 aliphatic carbocycles. The van der Waals surface area contributed by atoms with Crippen molar-refractivity contribution in [2.75, 3.05) is 6.54 Å². The van der Waals surface area contributed by atoms with Gasteiger partial charge in [0.05, 0.1) is 18.8 Å². The first-order valence-corrected chi connectivity index (χ1v) is 7.23. The van der Waals surface area contributed by atoms with Crippen molar-refractivity contribution in [1.82, 2.24) is 20.4 Å². The lowest BCUT2D eigenvalue weighted by Crippen LogP contribution is -2.37. The van der Waals surface area contributed by atoms with Gasteiger partial charge in [0.2, 0.25) is 0 Å². The molecule has 0 saturated heterocycles. The smallest absolute Gasteiger partial charge is 0.191 e. The van der Waals surface area contributed by atoms with Gasteiger partial charge in [0.15, 0.2) is 5.96 Å². The normalized spacial score (nSPS) is 11.0. The number of halogens is 1. The van der Waals surface area contributed by atoms with Crippen LogP contribution in [0.5, 0.6) is 0 Å². The third kappa shape index (κ3) is 5.67. The number of rotatable bonds is 5. The summed E-state index contributed by atoms with van der Waals surface area (Å²) in [6, 6.07) is 10.4. The fraction of sp³-hybridized carbons (Fsp3) is 0.375. The predicted octanol–water partition coefficient (Wildman–Crippen LogP) is 2.60. The molecule has 6 heteroatoms. The van der Waals surface area contributed by atoms with Crippen molar-refractivity contribution in [2.45, 2.75) is 26.9 Å². The summed E-state index contributed by atoms with van der Waals surface area (Å²) in [4.78, 5) is 4.61. The first kappa shape index (κ1) is 18.5. The number of aliphatic imine (C=N–C) groups is 1. The van der Waals surface area contributed by atoms with Gasteiger partial charge in [0.1, 0.15) is 0 Å². The van der Waals surface area contributed by atoms with Crippen LogP contribution in [0.3, 0.4) is 0 Å². The van der Waals surface area contributed by atoms with Gasteiger partial charge < -0.3 is 10.6 Å². The van der Waals surface area contributed by atoms with E-state index in [1.165, 1.54) is 11.1 Å². The second kappa shape index (κ2) is 9.45. The molecule has 120 valence electrons. The Morgan fingerprint density at radius 2 is 1.91 bits per heavy atom. The van der Waals surface area contributed by atoms with Gasteiger partial charge in [0, 0.05) is 19.8 Å². The number of aryl methyl sites for hydroxylation is 2. The molecule has 0 radical (unpaired) electrons. The van der Waals surface area contributed by atoms with Crippen LogP contribution in [0.25, 0.3) is 0 Å². The maximum atomic E-state index is 4.61. The molecule has 22 heavy (non-hydrogen) atoms. The molecule has 0 unspecified atom stereocenters. The summed E-state index contributed by atoms with van der Waals surface area (Å²) in [7, 11) is 1.94. The van der Waals surface area contributed by atoms with Gasteiger partial charge in [-0.3, -0.25) is 4.68 Å². The fourth-order valence-corrected chi connectivity index (χ4v) is 1.95. The zero-order valence-corrected chi connectivity index (χ0v) is 15.7. The molecule has 0 spiro atoms. The van der Waals surface area contributed by atoms with Crippen LogP contribution in [0, 0.1) is 6.92 Å². The Hall–Kier alpha value is -1.57. The van der Waals surface area contributed by atoms with E-state index in [0.29, 0.717) is 13.1 Å². The van der Waals surface area contributed by atoms with Crippen LogP contribution in [-0.2, 0) is 20.1 Å². The first-order valence-electron chi connectivity index (χ1n) is 7.23. The quantitative estimate of drug-likeness (QED) is 0.450. The third-order valence-electron chi connectivity index (χ3n) is 3.24. The number of guanidine groups is 1. The van der Waals surface area contributed by atoms with E-state index in [2.05, 4.69) is 58.8 Å². The second-order valence-electron chi connectivity index (χ2n) is 4.98. The fourth-order valence-electron chi connectivity index (χ4n) is 1.95. The van der Waals surface area contributed by atoms with Crippen molar-refractivity contribution in [3.05, 3.63) is 53.3 Å². The van der Waals surface area contributed by atoms with Crippen LogP contribution in [0.4, 0.5) is 0 Å². The van der Waals surface area contributed by atoms with Gasteiger partial charge in [-0.2, -0.15) is 5.10 Å². The Bertz CT molecular complexity index is 589. The zero-order valence-electron chi connectivity index (χ0n) is 13.3. The van der Waals surface area contributed by atoms with E-state index >= 15 is 0 Å². The SMILES string of the molecule is CCNC(=NCc1ccc(C)cc1)NCc1ccnn1C.I. The minimum Gasteiger partial charge on any atom is -0.357 e. The summed E-state index contributed by atoms with van der Waals surface area (Å²) in [5.74, 6) is 0.819. The van der Waals surface area contributed by atoms with Crippen LogP contribution in [-0.4, -0.2) is 22.3 Å². The Labute approximate surface area is 149 Å². The second-order valence-corrected chi connectivity index (χ2v) is 4.98. The molecule has 0 atom stereocenters. The third-order valence-corrected chi connectivity index (χ3v) is 3.24. The molecule has 2 N–H and O–H groups in total. The molecule has 1 aromatic heterocycles. The monoisotopic (exact) mass is 413 g/mol. The molecular formula is C16H24IN5. The van der Waals surface area contributed by atoms with Gasteiger partial charge in [0.25, 0.3) is 0 Å². The van der Waals surface area contributed by atoms with Crippen LogP contribution < -0.4 is 10.6 Å². The highest BCUT2D eigenvalue weighted by molar-refractivity contribution is 14.0. The highest BCUT2D eigenvalue weighted by Gasteiger charge is 2.01. The van der Waals surface area contributed by atoms with Crippen LogP contribution in [0.15, 0.2) is 41.5 Å². The Morgan fingerprint density at radius 1 is 1.18 bits per heavy atom. The Kier molecular flexibility index (Phi) is 7.94. The van der Waals surface area contributed by atoms with Gasteiger partial charge in [-0.05, 0) is 25.5 Å². The highest BCUT2D eigenvalue weighted by Crippen LogP contribution is 2.04. The summed E-state index contributed by atoms with van der Waals surface area (Å²) in [6.45, 7) is 6.36. The number of aromatic nitrogens is 2. The maximum absolute atomic E-state index is 4.61. The first-order chi connectivity index (χ1) is 10.2. The van der Waals surface area contributed by atoms with E-state index in [4.69, 9.17) is 0 Å². The predicted molar refractivity (Wildman–Crippen MR) is 101 cm³/mol. The lowest BCUT2D eigenvalue weighted by atomic mass is 10.1. The molecule has 0 bridgehead atoms. The van der Waals surface area contributed by atoms with Gasteiger partial charge in [-0.25, -0.2) is 4.99 Å². The summed E-state index contributed by atoms with van der Waals surface area (Å²) < 4.78 is 1.86. The van der Waals surface area contributed by atoms with E-state index in [0.717, 1.165) is 18.2 Å². The van der Waals surface area contributed by atoms with Crippen molar-refractivity contribution >= 4 is 29.9 Å². The van der Waals surface area contributed by atoms with Crippen molar-refractivity contribution < 1.29 is 0 Å². The standard InChI is InChI=1S/C16H23N5.HI/c1-4-17-16(19-12-15-9-10-20-21(15)3)18-11-14-7-5-13(2)6-8-14;/h5-10H,4,11-12H2,1-3H3,(H2,17,18,19);1H. The Balaban J connectivity index is 0.00000242. The van der Waals surface area contributed by atoms with Gasteiger partial charge >= 0.3 is 0 Å². The minimum absolute atomic E-state index is 0. The molecule has 0 aliphatic rings. The summed E-state index contributed by atoms with van der Waals surface area (Å²) in [5, 5.41) is 10.7. The van der Waals surface area contributed by atoms with Gasteiger partial charge in [-0.1, -0.05) is 29.8 Å². The van der Waals surface area contributed by atoms with Crippen LogP contribution in [0.1, 0.15) is 23.7 Å². The summed E-state index contributed by atoms with van der Waals surface area (Å²) in [5.41, 5.74) is 3.60. The molecule has 0 amide bonds. The largest absolute Gasteiger partial charge is 0.357 e. The van der Waals surface area contributed by atoms with E-state index < -0.39 is 0 Å². The molecule has 2 aromatic rings. The maximum Gasteiger partial charge on any atom is 0.191 e. The van der Waals surface area contributed by atoms with Crippen molar-refractivity contribution in [2.24, 2.45) is 12.0 Å². The average Bonchev–Trinajstić information content (AvgIpc) is 2.89. The Morgan fingerprint density at radius 3 is 2.50 bits per heavy atom. The molecule has 1 aromatic carbocycles. The van der Waals surface area contributed by atoms with Crippen molar-refractivity contribution in [3.8, 4) is 0 Å². The highest BCUT2D eigenvalue weighted by atomic mass is 127. The van der Waals surface area contributed by atoms with Crippen molar-refractivity contribution in [3.63, 3.8) is 0 Å². The number of nitrogens with one attached hydrogen (secondary N) is 2. The molecule has 2 rings (SSSR count). The number of hydrogen-bond donors (Lipinski definition) is 2. The lowest BCUT2D eigenvalue weighted by molar-refractivity contribution is 0.685. The summed E-state index contributed by atoms with van der Waals surface area (Å²) in [6.07, 6.45) is 1.80.